The maximum absolute atomic E-state index is 12.5. The summed E-state index contributed by atoms with van der Waals surface area (Å²) in [7, 11) is 0. The fourth-order valence-corrected chi connectivity index (χ4v) is 3.38. The molecule has 0 radical (unpaired) electrons. The molecule has 0 saturated heterocycles. The summed E-state index contributed by atoms with van der Waals surface area (Å²) in [5.41, 5.74) is 2.82. The molecule has 2 aromatic carbocycles. The van der Waals surface area contributed by atoms with Crippen molar-refractivity contribution in [3.8, 4) is 0 Å². The number of nitro groups is 1. The van der Waals surface area contributed by atoms with E-state index >= 15 is 0 Å². The lowest BCUT2D eigenvalue weighted by Crippen LogP contribution is -2.12. The van der Waals surface area contributed by atoms with Crippen LogP contribution in [0.3, 0.4) is 0 Å². The van der Waals surface area contributed by atoms with Crippen molar-refractivity contribution in [1.29, 1.82) is 0 Å². The van der Waals surface area contributed by atoms with Crippen molar-refractivity contribution >= 4 is 29.0 Å². The summed E-state index contributed by atoms with van der Waals surface area (Å²) < 4.78 is 0. The number of hydrogen-bond acceptors (Lipinski definition) is 5. The van der Waals surface area contributed by atoms with Crippen LogP contribution in [0.4, 0.5) is 11.4 Å². The molecule has 0 aliphatic heterocycles. The highest BCUT2D eigenvalue weighted by molar-refractivity contribution is 7.99. The van der Waals surface area contributed by atoms with Crippen LogP contribution in [0.5, 0.6) is 0 Å². The van der Waals surface area contributed by atoms with Crippen LogP contribution < -0.4 is 5.32 Å². The summed E-state index contributed by atoms with van der Waals surface area (Å²) in [5.74, 6) is -0.325. The minimum Gasteiger partial charge on any atom is -0.321 e. The molecule has 1 amide bonds. The molecule has 0 aliphatic carbocycles. The normalized spacial score (nSPS) is 10.5. The molecule has 2 N–H and O–H groups in total. The summed E-state index contributed by atoms with van der Waals surface area (Å²) in [6.45, 7) is 3.87. The molecule has 0 saturated carbocycles. The third-order valence-electron chi connectivity index (χ3n) is 3.75. The highest BCUT2D eigenvalue weighted by atomic mass is 32.2. The van der Waals surface area contributed by atoms with Gasteiger partial charge >= 0.3 is 0 Å². The maximum atomic E-state index is 12.5. The number of non-ortho nitro benzene ring substituents is 1. The van der Waals surface area contributed by atoms with Crippen molar-refractivity contribution in [2.45, 2.75) is 23.6 Å². The number of aromatic nitrogens is 2. The number of benzene rings is 2. The van der Waals surface area contributed by atoms with Crippen LogP contribution in [-0.4, -0.2) is 21.0 Å². The summed E-state index contributed by atoms with van der Waals surface area (Å²) in [6, 6.07) is 13.0. The van der Waals surface area contributed by atoms with Gasteiger partial charge in [-0.1, -0.05) is 23.9 Å². The van der Waals surface area contributed by atoms with Crippen LogP contribution in [0.2, 0.25) is 0 Å². The van der Waals surface area contributed by atoms with E-state index in [4.69, 9.17) is 0 Å². The van der Waals surface area contributed by atoms with E-state index in [9.17, 15) is 14.9 Å². The molecular weight excluding hydrogens is 352 g/mol. The third kappa shape index (κ3) is 3.75. The quantitative estimate of drug-likeness (QED) is 0.515. The van der Waals surface area contributed by atoms with Crippen LogP contribution in [0.25, 0.3) is 0 Å². The number of anilines is 1. The Morgan fingerprint density at radius 3 is 2.46 bits per heavy atom. The van der Waals surface area contributed by atoms with Gasteiger partial charge in [0.15, 0.2) is 0 Å². The molecule has 3 rings (SSSR count). The third-order valence-corrected chi connectivity index (χ3v) is 5.13. The zero-order chi connectivity index (χ0) is 18.7. The molecule has 1 heterocycles. The Morgan fingerprint density at radius 2 is 1.85 bits per heavy atom. The van der Waals surface area contributed by atoms with Crippen molar-refractivity contribution in [2.75, 3.05) is 5.32 Å². The Hall–Kier alpha value is -3.13. The number of carbonyl (C=O) groups is 1. The molecule has 1 aromatic heterocycles. The van der Waals surface area contributed by atoms with E-state index in [2.05, 4.69) is 15.5 Å². The predicted octanol–water partition coefficient (Wildman–Crippen LogP) is 4.34. The first kappa shape index (κ1) is 17.7. The van der Waals surface area contributed by atoms with Crippen molar-refractivity contribution in [3.63, 3.8) is 0 Å². The number of rotatable bonds is 5. The number of aryl methyl sites for hydroxylation is 2. The predicted molar refractivity (Wildman–Crippen MR) is 99.7 cm³/mol. The molecule has 0 bridgehead atoms. The standard InChI is InChI=1S/C18H16N4O3S/c1-11-17(12(2)21-20-11)26-16-6-4-3-5-15(16)19-18(23)13-7-9-14(10-8-13)22(24)25/h3-10H,1-2H3,(H,19,23)(H,20,21). The SMILES string of the molecule is Cc1n[nH]c(C)c1Sc1ccccc1NC(=O)c1ccc([N+](=O)[O-])cc1. The largest absolute Gasteiger partial charge is 0.321 e. The second-order valence-corrected chi connectivity index (χ2v) is 6.67. The van der Waals surface area contributed by atoms with Gasteiger partial charge in [-0.3, -0.25) is 20.0 Å². The molecule has 132 valence electrons. The molecule has 7 nitrogen and oxygen atoms in total. The molecule has 0 aliphatic rings. The first-order chi connectivity index (χ1) is 12.5. The summed E-state index contributed by atoms with van der Waals surface area (Å²) in [6.07, 6.45) is 0. The van der Waals surface area contributed by atoms with Crippen LogP contribution in [-0.2, 0) is 0 Å². The average Bonchev–Trinajstić information content (AvgIpc) is 2.95. The van der Waals surface area contributed by atoms with Gasteiger partial charge in [0.25, 0.3) is 11.6 Å². The van der Waals surface area contributed by atoms with Crippen molar-refractivity contribution in [1.82, 2.24) is 10.2 Å². The van der Waals surface area contributed by atoms with Crippen molar-refractivity contribution in [2.24, 2.45) is 0 Å². The van der Waals surface area contributed by atoms with Gasteiger partial charge in [-0.15, -0.1) is 0 Å². The fraction of sp³-hybridized carbons (Fsp3) is 0.111. The van der Waals surface area contributed by atoms with Gasteiger partial charge in [-0.2, -0.15) is 5.10 Å². The molecule has 3 aromatic rings. The highest BCUT2D eigenvalue weighted by Crippen LogP contribution is 2.36. The number of nitrogens with zero attached hydrogens (tertiary/aromatic N) is 2. The number of para-hydroxylation sites is 1. The number of carbonyl (C=O) groups excluding carboxylic acids is 1. The van der Waals surface area contributed by atoms with Crippen LogP contribution in [0.1, 0.15) is 21.7 Å². The van der Waals surface area contributed by atoms with Crippen LogP contribution >= 0.6 is 11.8 Å². The van der Waals surface area contributed by atoms with E-state index < -0.39 is 4.92 Å². The van der Waals surface area contributed by atoms with E-state index in [0.717, 1.165) is 21.2 Å². The number of hydrogen-bond donors (Lipinski definition) is 2. The second kappa shape index (κ2) is 7.40. The topological polar surface area (TPSA) is 101 Å². The number of aromatic amines is 1. The average molecular weight is 368 g/mol. The van der Waals surface area contributed by atoms with E-state index in [1.807, 2.05) is 38.1 Å². The molecular formula is C18H16N4O3S. The molecule has 0 unspecified atom stereocenters. The van der Waals surface area contributed by atoms with Crippen molar-refractivity contribution < 1.29 is 9.72 Å². The molecule has 0 atom stereocenters. The number of amides is 1. The Morgan fingerprint density at radius 1 is 1.15 bits per heavy atom. The zero-order valence-electron chi connectivity index (χ0n) is 14.1. The molecule has 0 spiro atoms. The second-order valence-electron chi connectivity index (χ2n) is 5.62. The summed E-state index contributed by atoms with van der Waals surface area (Å²) in [5, 5.41) is 20.7. The van der Waals surface area contributed by atoms with Gasteiger partial charge < -0.3 is 5.32 Å². The number of nitro benzene ring substituents is 1. The van der Waals surface area contributed by atoms with Crippen molar-refractivity contribution in [3.05, 3.63) is 75.6 Å². The minimum atomic E-state index is -0.497. The summed E-state index contributed by atoms with van der Waals surface area (Å²) in [4.78, 5) is 24.6. The Kier molecular flexibility index (Phi) is 5.04. The van der Waals surface area contributed by atoms with Gasteiger partial charge in [0.05, 0.1) is 21.2 Å². The van der Waals surface area contributed by atoms with Crippen LogP contribution in [0, 0.1) is 24.0 Å². The smallest absolute Gasteiger partial charge is 0.269 e. The van der Waals surface area contributed by atoms with E-state index in [1.165, 1.54) is 36.0 Å². The van der Waals surface area contributed by atoms with Gasteiger partial charge in [0.2, 0.25) is 0 Å². The van der Waals surface area contributed by atoms with E-state index in [1.54, 1.807) is 0 Å². The number of nitrogens with one attached hydrogen (secondary N) is 2. The van der Waals surface area contributed by atoms with E-state index in [-0.39, 0.29) is 11.6 Å². The first-order valence-electron chi connectivity index (χ1n) is 7.80. The monoisotopic (exact) mass is 368 g/mol. The van der Waals surface area contributed by atoms with Gasteiger partial charge in [-0.05, 0) is 38.1 Å². The first-order valence-corrected chi connectivity index (χ1v) is 8.61. The Labute approximate surface area is 154 Å². The lowest BCUT2D eigenvalue weighted by molar-refractivity contribution is -0.384. The minimum absolute atomic E-state index is 0.0524. The maximum Gasteiger partial charge on any atom is 0.269 e. The summed E-state index contributed by atoms with van der Waals surface area (Å²) >= 11 is 1.52. The van der Waals surface area contributed by atoms with Gasteiger partial charge in [0.1, 0.15) is 0 Å². The Balaban J connectivity index is 1.82. The Bertz CT molecular complexity index is 947. The van der Waals surface area contributed by atoms with Gasteiger partial charge in [-0.25, -0.2) is 0 Å². The fourth-order valence-electron chi connectivity index (χ4n) is 2.39. The molecule has 8 heteroatoms. The van der Waals surface area contributed by atoms with Gasteiger partial charge in [0, 0.05) is 28.3 Å². The zero-order valence-corrected chi connectivity index (χ0v) is 15.0. The number of H-pyrrole nitrogens is 1. The van der Waals surface area contributed by atoms with Crippen LogP contribution in [0.15, 0.2) is 58.3 Å². The highest BCUT2D eigenvalue weighted by Gasteiger charge is 2.14. The molecule has 0 fully saturated rings. The molecule has 26 heavy (non-hydrogen) atoms. The van der Waals surface area contributed by atoms with E-state index in [0.29, 0.717) is 11.3 Å². The lowest BCUT2D eigenvalue weighted by Gasteiger charge is -2.11. The lowest BCUT2D eigenvalue weighted by atomic mass is 10.2.